The summed E-state index contributed by atoms with van der Waals surface area (Å²) in [6, 6.07) is 0.974. The SMILES string of the molecule is NC(CCC(F)(F)F)c1ccoc1. The van der Waals surface area contributed by atoms with Crippen LogP contribution in [0, 0.1) is 0 Å². The third kappa shape index (κ3) is 3.50. The third-order valence-electron chi connectivity index (χ3n) is 1.71. The zero-order valence-electron chi connectivity index (χ0n) is 6.84. The highest BCUT2D eigenvalue weighted by Crippen LogP contribution is 2.26. The van der Waals surface area contributed by atoms with Gasteiger partial charge >= 0.3 is 6.18 Å². The Bertz CT molecular complexity index is 242. The molecule has 0 aliphatic rings. The number of rotatable bonds is 3. The first kappa shape index (κ1) is 10.1. The molecule has 1 aromatic heterocycles. The molecule has 1 rings (SSSR count). The second-order valence-electron chi connectivity index (χ2n) is 2.82. The van der Waals surface area contributed by atoms with Gasteiger partial charge in [-0.1, -0.05) is 0 Å². The predicted octanol–water partition coefficient (Wildman–Crippen LogP) is 2.62. The molecule has 2 nitrogen and oxygen atoms in total. The molecular weight excluding hydrogens is 183 g/mol. The summed E-state index contributed by atoms with van der Waals surface area (Å²) < 4.78 is 40.0. The standard InChI is InChI=1S/C8H10F3NO/c9-8(10,11)3-1-7(12)6-2-4-13-5-6/h2,4-5,7H,1,3,12H2. The number of furan rings is 1. The third-order valence-corrected chi connectivity index (χ3v) is 1.71. The van der Waals surface area contributed by atoms with E-state index in [2.05, 4.69) is 0 Å². The highest BCUT2D eigenvalue weighted by Gasteiger charge is 2.27. The molecule has 0 aliphatic heterocycles. The van der Waals surface area contributed by atoms with Crippen LogP contribution in [0.3, 0.4) is 0 Å². The fourth-order valence-corrected chi connectivity index (χ4v) is 0.972. The van der Waals surface area contributed by atoms with Crippen LogP contribution in [-0.2, 0) is 0 Å². The largest absolute Gasteiger partial charge is 0.472 e. The van der Waals surface area contributed by atoms with Gasteiger partial charge in [-0.2, -0.15) is 13.2 Å². The summed E-state index contributed by atoms with van der Waals surface area (Å²) in [4.78, 5) is 0. The molecule has 0 saturated carbocycles. The van der Waals surface area contributed by atoms with Gasteiger partial charge in [0.05, 0.1) is 12.5 Å². The summed E-state index contributed by atoms with van der Waals surface area (Å²) in [6.45, 7) is 0. The van der Waals surface area contributed by atoms with Crippen molar-refractivity contribution in [1.29, 1.82) is 0 Å². The zero-order valence-corrected chi connectivity index (χ0v) is 6.84. The highest BCUT2D eigenvalue weighted by molar-refractivity contribution is 5.10. The fraction of sp³-hybridized carbons (Fsp3) is 0.500. The average molecular weight is 193 g/mol. The van der Waals surface area contributed by atoms with Gasteiger partial charge in [-0.05, 0) is 12.5 Å². The molecule has 5 heteroatoms. The van der Waals surface area contributed by atoms with Crippen LogP contribution in [0.5, 0.6) is 0 Å². The van der Waals surface area contributed by atoms with Gasteiger partial charge in [0.15, 0.2) is 0 Å². The summed E-state index contributed by atoms with van der Waals surface area (Å²) >= 11 is 0. The molecule has 1 heterocycles. The molecule has 1 aromatic rings. The molecule has 0 bridgehead atoms. The van der Waals surface area contributed by atoms with Crippen LogP contribution in [0.4, 0.5) is 13.2 Å². The Morgan fingerprint density at radius 2 is 2.15 bits per heavy atom. The van der Waals surface area contributed by atoms with Gasteiger partial charge in [0, 0.05) is 18.0 Å². The molecule has 0 saturated heterocycles. The first-order valence-corrected chi connectivity index (χ1v) is 3.83. The first-order chi connectivity index (χ1) is 5.99. The van der Waals surface area contributed by atoms with E-state index in [-0.39, 0.29) is 6.42 Å². The van der Waals surface area contributed by atoms with Crippen molar-refractivity contribution in [2.45, 2.75) is 25.1 Å². The van der Waals surface area contributed by atoms with Crippen molar-refractivity contribution in [3.05, 3.63) is 24.2 Å². The van der Waals surface area contributed by atoms with Gasteiger partial charge in [-0.3, -0.25) is 0 Å². The van der Waals surface area contributed by atoms with Crippen LogP contribution < -0.4 is 5.73 Å². The van der Waals surface area contributed by atoms with Crippen LogP contribution in [-0.4, -0.2) is 6.18 Å². The van der Waals surface area contributed by atoms with Crippen LogP contribution in [0.15, 0.2) is 23.0 Å². The van der Waals surface area contributed by atoms with Crippen LogP contribution in [0.1, 0.15) is 24.4 Å². The molecule has 13 heavy (non-hydrogen) atoms. The smallest absolute Gasteiger partial charge is 0.389 e. The van der Waals surface area contributed by atoms with Gasteiger partial charge in [0.25, 0.3) is 0 Å². The van der Waals surface area contributed by atoms with Crippen LogP contribution in [0.2, 0.25) is 0 Å². The second-order valence-corrected chi connectivity index (χ2v) is 2.82. The minimum atomic E-state index is -4.14. The second kappa shape index (κ2) is 3.83. The van der Waals surface area contributed by atoms with E-state index in [1.54, 1.807) is 6.07 Å². The Kier molecular flexibility index (Phi) is 2.98. The minimum Gasteiger partial charge on any atom is -0.472 e. The lowest BCUT2D eigenvalue weighted by Gasteiger charge is -2.10. The number of nitrogens with two attached hydrogens (primary N) is 1. The Morgan fingerprint density at radius 3 is 2.62 bits per heavy atom. The van der Waals surface area contributed by atoms with Crippen molar-refractivity contribution in [2.24, 2.45) is 5.73 Å². The molecule has 0 fully saturated rings. The Hall–Kier alpha value is -0.970. The van der Waals surface area contributed by atoms with E-state index in [4.69, 9.17) is 10.2 Å². The molecule has 1 unspecified atom stereocenters. The van der Waals surface area contributed by atoms with Crippen molar-refractivity contribution >= 4 is 0 Å². The molecule has 2 N–H and O–H groups in total. The minimum absolute atomic E-state index is 0.108. The molecule has 0 radical (unpaired) electrons. The Morgan fingerprint density at radius 1 is 1.46 bits per heavy atom. The predicted molar refractivity (Wildman–Crippen MR) is 40.9 cm³/mol. The van der Waals surface area contributed by atoms with Crippen molar-refractivity contribution in [1.82, 2.24) is 0 Å². The topological polar surface area (TPSA) is 39.2 Å². The zero-order chi connectivity index (χ0) is 9.90. The number of hydrogen-bond donors (Lipinski definition) is 1. The quantitative estimate of drug-likeness (QED) is 0.801. The van der Waals surface area contributed by atoms with Gasteiger partial charge in [0.1, 0.15) is 0 Å². The lowest BCUT2D eigenvalue weighted by molar-refractivity contribution is -0.136. The average Bonchev–Trinajstić information content (AvgIpc) is 2.50. The number of alkyl halides is 3. The van der Waals surface area contributed by atoms with Gasteiger partial charge in [-0.15, -0.1) is 0 Å². The van der Waals surface area contributed by atoms with Crippen LogP contribution >= 0.6 is 0 Å². The van der Waals surface area contributed by atoms with E-state index in [0.717, 1.165) is 0 Å². The summed E-state index contributed by atoms with van der Waals surface area (Å²) in [5.41, 5.74) is 6.09. The molecule has 0 spiro atoms. The normalized spacial score (nSPS) is 14.5. The van der Waals surface area contributed by atoms with E-state index in [9.17, 15) is 13.2 Å². The molecule has 74 valence electrons. The Balaban J connectivity index is 2.39. The van der Waals surface area contributed by atoms with Crippen molar-refractivity contribution < 1.29 is 17.6 Å². The maximum absolute atomic E-state index is 11.8. The summed E-state index contributed by atoms with van der Waals surface area (Å²) in [5, 5.41) is 0. The first-order valence-electron chi connectivity index (χ1n) is 3.83. The highest BCUT2D eigenvalue weighted by atomic mass is 19.4. The number of hydrogen-bond acceptors (Lipinski definition) is 2. The van der Waals surface area contributed by atoms with E-state index >= 15 is 0 Å². The molecule has 0 aromatic carbocycles. The molecule has 0 amide bonds. The Labute approximate surface area is 73.5 Å². The molecule has 1 atom stereocenters. The summed E-state index contributed by atoms with van der Waals surface area (Å²) in [7, 11) is 0. The van der Waals surface area contributed by atoms with E-state index < -0.39 is 18.6 Å². The monoisotopic (exact) mass is 193 g/mol. The maximum atomic E-state index is 11.8. The van der Waals surface area contributed by atoms with E-state index in [0.29, 0.717) is 5.56 Å². The van der Waals surface area contributed by atoms with Gasteiger partial charge in [0.2, 0.25) is 0 Å². The summed E-state index contributed by atoms with van der Waals surface area (Å²) in [5.74, 6) is 0. The fourth-order valence-electron chi connectivity index (χ4n) is 0.972. The van der Waals surface area contributed by atoms with E-state index in [1.165, 1.54) is 12.5 Å². The number of halogens is 3. The maximum Gasteiger partial charge on any atom is 0.389 e. The lowest BCUT2D eigenvalue weighted by atomic mass is 10.1. The van der Waals surface area contributed by atoms with Crippen LogP contribution in [0.25, 0.3) is 0 Å². The molecular formula is C8H10F3NO. The van der Waals surface area contributed by atoms with Gasteiger partial charge < -0.3 is 10.2 Å². The summed E-state index contributed by atoms with van der Waals surface area (Å²) in [6.07, 6.45) is -2.35. The molecule has 0 aliphatic carbocycles. The van der Waals surface area contributed by atoms with Crippen molar-refractivity contribution in [2.75, 3.05) is 0 Å². The van der Waals surface area contributed by atoms with Gasteiger partial charge in [-0.25, -0.2) is 0 Å². The van der Waals surface area contributed by atoms with Crippen molar-refractivity contribution in [3.63, 3.8) is 0 Å². The van der Waals surface area contributed by atoms with Crippen molar-refractivity contribution in [3.8, 4) is 0 Å². The lowest BCUT2D eigenvalue weighted by Crippen LogP contribution is -2.15. The van der Waals surface area contributed by atoms with E-state index in [1.807, 2.05) is 0 Å².